The molecule has 2 aromatic carbocycles. The van der Waals surface area contributed by atoms with E-state index in [9.17, 15) is 0 Å². The summed E-state index contributed by atoms with van der Waals surface area (Å²) in [6, 6.07) is 10.6. The lowest BCUT2D eigenvalue weighted by Crippen LogP contribution is -3.02. The third-order valence-corrected chi connectivity index (χ3v) is 5.74. The van der Waals surface area contributed by atoms with Gasteiger partial charge in [0.1, 0.15) is 29.1 Å². The Kier molecular flexibility index (Phi) is 7.61. The van der Waals surface area contributed by atoms with Gasteiger partial charge >= 0.3 is 0 Å². The molecule has 1 atom stereocenters. The number of quaternary nitrogens is 1. The molecule has 176 valence electrons. The Morgan fingerprint density at radius 1 is 0.909 bits per heavy atom. The molecular weight excluding hydrogens is 432 g/mol. The maximum absolute atomic E-state index is 6.23. The van der Waals surface area contributed by atoms with E-state index in [1.54, 1.807) is 0 Å². The Hall–Kier alpha value is -2.69. The van der Waals surface area contributed by atoms with Crippen molar-refractivity contribution in [3.8, 4) is 11.5 Å². The van der Waals surface area contributed by atoms with Crippen LogP contribution in [0.1, 0.15) is 49.9 Å². The molecule has 4 rings (SSSR count). The van der Waals surface area contributed by atoms with Crippen LogP contribution in [0.25, 0.3) is 5.70 Å². The molecule has 0 saturated heterocycles. The molecule has 0 aromatic heterocycles. The fourth-order valence-corrected chi connectivity index (χ4v) is 4.78. The van der Waals surface area contributed by atoms with Crippen LogP contribution in [-0.4, -0.2) is 23.8 Å². The van der Waals surface area contributed by atoms with Crippen molar-refractivity contribution in [1.82, 2.24) is 4.90 Å². The first-order valence-electron chi connectivity index (χ1n) is 11.5. The highest BCUT2D eigenvalue weighted by Gasteiger charge is 2.34. The summed E-state index contributed by atoms with van der Waals surface area (Å²) in [6.07, 6.45) is 8.96. The Bertz CT molecular complexity index is 1060. The number of nitrogens with zero attached hydrogens (tertiary/aromatic N) is 1. The fraction of sp³-hybridized carbons (Fsp3) is 0.357. The highest BCUT2D eigenvalue weighted by atomic mass is 35.5. The molecule has 0 saturated carbocycles. The molecule has 1 unspecified atom stereocenters. The van der Waals surface area contributed by atoms with Crippen molar-refractivity contribution in [3.05, 3.63) is 82.7 Å². The minimum atomic E-state index is 0. The highest BCUT2D eigenvalue weighted by Crippen LogP contribution is 2.40. The molecule has 0 amide bonds. The average Bonchev–Trinajstić information content (AvgIpc) is 3.10. The molecular formula is C28H35ClN2O2. The van der Waals surface area contributed by atoms with Crippen LogP contribution in [0.3, 0.4) is 0 Å². The summed E-state index contributed by atoms with van der Waals surface area (Å²) in [5.74, 6) is 1.71. The number of ether oxygens (including phenoxy) is 2. The molecule has 1 N–H and O–H groups in total. The minimum Gasteiger partial charge on any atom is -1.00 e. The molecule has 5 heteroatoms. The van der Waals surface area contributed by atoms with Crippen LogP contribution in [0.5, 0.6) is 11.5 Å². The molecule has 33 heavy (non-hydrogen) atoms. The Balaban J connectivity index is 0.00000306. The molecule has 0 spiro atoms. The molecule has 0 aliphatic carbocycles. The maximum Gasteiger partial charge on any atom is 0.166 e. The third-order valence-electron chi connectivity index (χ3n) is 5.74. The molecule has 2 aromatic rings. The standard InChI is InChI=1S/C28H34N2O2.ClH/c1-18(2)31-25-12-9-13-26(32-19(3)4)27(25)24-11-8-10-23-16-29(17-30(23)24)28-21(6)14-20(5)15-22(28)7;/h8-16,18-19H,17H2,1-7H3;1H. The fourth-order valence-electron chi connectivity index (χ4n) is 4.78. The van der Waals surface area contributed by atoms with Gasteiger partial charge in [-0.1, -0.05) is 29.8 Å². The van der Waals surface area contributed by atoms with Gasteiger partial charge < -0.3 is 21.9 Å². The average molecular weight is 467 g/mol. The molecule has 4 nitrogen and oxygen atoms in total. The van der Waals surface area contributed by atoms with Gasteiger partial charge in [0, 0.05) is 11.1 Å². The number of rotatable bonds is 6. The quantitative estimate of drug-likeness (QED) is 0.708. The van der Waals surface area contributed by atoms with Crippen molar-refractivity contribution >= 4 is 11.4 Å². The molecule has 2 aliphatic rings. The van der Waals surface area contributed by atoms with Gasteiger partial charge in [0.25, 0.3) is 0 Å². The van der Waals surface area contributed by atoms with Gasteiger partial charge in [0.15, 0.2) is 6.67 Å². The molecule has 2 aliphatic heterocycles. The van der Waals surface area contributed by atoms with Crippen LogP contribution in [-0.2, 0) is 0 Å². The second-order valence-corrected chi connectivity index (χ2v) is 9.33. The minimum absolute atomic E-state index is 0. The van der Waals surface area contributed by atoms with Crippen LogP contribution >= 0.6 is 0 Å². The van der Waals surface area contributed by atoms with Crippen molar-refractivity contribution in [2.24, 2.45) is 0 Å². The first kappa shape index (κ1) is 24.9. The lowest BCUT2D eigenvalue weighted by atomic mass is 10.0. The van der Waals surface area contributed by atoms with Gasteiger partial charge in [-0.25, -0.2) is 0 Å². The van der Waals surface area contributed by atoms with Crippen LogP contribution in [0, 0.1) is 20.8 Å². The molecule has 0 bridgehead atoms. The van der Waals surface area contributed by atoms with E-state index in [1.807, 2.05) is 18.2 Å². The Morgan fingerprint density at radius 3 is 2.03 bits per heavy atom. The van der Waals surface area contributed by atoms with Gasteiger partial charge in [-0.2, -0.15) is 0 Å². The highest BCUT2D eigenvalue weighted by molar-refractivity contribution is 5.78. The van der Waals surface area contributed by atoms with Gasteiger partial charge in [0.2, 0.25) is 0 Å². The molecule has 0 fully saturated rings. The summed E-state index contributed by atoms with van der Waals surface area (Å²) in [5, 5.41) is 0. The van der Waals surface area contributed by atoms with Crippen molar-refractivity contribution in [1.29, 1.82) is 0 Å². The van der Waals surface area contributed by atoms with E-state index in [0.29, 0.717) is 0 Å². The predicted molar refractivity (Wildman–Crippen MR) is 131 cm³/mol. The van der Waals surface area contributed by atoms with Crippen molar-refractivity contribution in [2.45, 2.75) is 60.7 Å². The summed E-state index contributed by atoms with van der Waals surface area (Å²) in [7, 11) is 0. The first-order valence-corrected chi connectivity index (χ1v) is 11.5. The summed E-state index contributed by atoms with van der Waals surface area (Å²) in [4.78, 5) is 3.73. The number of hydrogen-bond donors (Lipinski definition) is 1. The normalized spacial score (nSPS) is 17.0. The van der Waals surface area contributed by atoms with E-state index >= 15 is 0 Å². The SMILES string of the molecule is Cc1cc(C)c([NH+]2C=C3C=CC=C(c4c(OC(C)C)cccc4OC(C)C)N3C2)c(C)c1.[Cl-]. The van der Waals surface area contributed by atoms with Crippen LogP contribution in [0.15, 0.2) is 60.5 Å². The number of hydrogen-bond acceptors (Lipinski definition) is 3. The second kappa shape index (κ2) is 10.1. The number of aryl methyl sites for hydroxylation is 3. The largest absolute Gasteiger partial charge is 1.00 e. The zero-order chi connectivity index (χ0) is 23.0. The first-order chi connectivity index (χ1) is 15.2. The topological polar surface area (TPSA) is 26.1 Å². The van der Waals surface area contributed by atoms with Crippen LogP contribution in [0.2, 0.25) is 0 Å². The summed E-state index contributed by atoms with van der Waals surface area (Å²) in [5.41, 5.74) is 8.66. The number of nitrogens with one attached hydrogen (secondary N) is 1. The Labute approximate surface area is 204 Å². The zero-order valence-electron chi connectivity index (χ0n) is 20.7. The number of benzene rings is 2. The van der Waals surface area contributed by atoms with Crippen molar-refractivity contribution in [2.75, 3.05) is 6.67 Å². The number of fused-ring (bicyclic) bond motifs is 1. The van der Waals surface area contributed by atoms with Gasteiger partial charge in [0.05, 0.1) is 23.5 Å². The van der Waals surface area contributed by atoms with Crippen molar-refractivity contribution in [3.63, 3.8) is 0 Å². The summed E-state index contributed by atoms with van der Waals surface area (Å²) >= 11 is 0. The van der Waals surface area contributed by atoms with Gasteiger partial charge in [-0.05, 0) is 72.8 Å². The third kappa shape index (κ3) is 5.13. The van der Waals surface area contributed by atoms with E-state index in [0.717, 1.165) is 29.4 Å². The van der Waals surface area contributed by atoms with E-state index in [-0.39, 0.29) is 24.6 Å². The zero-order valence-corrected chi connectivity index (χ0v) is 21.5. The summed E-state index contributed by atoms with van der Waals surface area (Å²) in [6.45, 7) is 15.7. The Morgan fingerprint density at radius 2 is 1.48 bits per heavy atom. The maximum atomic E-state index is 6.23. The number of halogens is 1. The molecule has 0 radical (unpaired) electrons. The lowest BCUT2D eigenvalue weighted by molar-refractivity contribution is -0.777. The second-order valence-electron chi connectivity index (χ2n) is 9.33. The van der Waals surface area contributed by atoms with Crippen LogP contribution in [0.4, 0.5) is 5.69 Å². The van der Waals surface area contributed by atoms with Gasteiger partial charge in [-0.15, -0.1) is 0 Å². The van der Waals surface area contributed by atoms with Crippen molar-refractivity contribution < 1.29 is 26.8 Å². The van der Waals surface area contributed by atoms with E-state index in [4.69, 9.17) is 9.47 Å². The summed E-state index contributed by atoms with van der Waals surface area (Å²) < 4.78 is 12.5. The van der Waals surface area contributed by atoms with E-state index in [2.05, 4.69) is 89.9 Å². The molecule has 2 heterocycles. The van der Waals surface area contributed by atoms with E-state index in [1.165, 1.54) is 33.0 Å². The number of allylic oxidation sites excluding steroid dienone is 3. The predicted octanol–water partition coefficient (Wildman–Crippen LogP) is 2.43. The smallest absolute Gasteiger partial charge is 0.166 e. The lowest BCUT2D eigenvalue weighted by Gasteiger charge is -2.28. The van der Waals surface area contributed by atoms with Gasteiger partial charge in [-0.3, -0.25) is 9.80 Å². The van der Waals surface area contributed by atoms with E-state index < -0.39 is 0 Å². The monoisotopic (exact) mass is 466 g/mol. The van der Waals surface area contributed by atoms with Crippen LogP contribution < -0.4 is 26.8 Å².